The molecule has 2 aromatic carbocycles. The van der Waals surface area contributed by atoms with E-state index in [2.05, 4.69) is 42.2 Å². The first-order valence-corrected chi connectivity index (χ1v) is 8.35. The van der Waals surface area contributed by atoms with Crippen LogP contribution >= 0.6 is 0 Å². The predicted octanol–water partition coefficient (Wildman–Crippen LogP) is 3.13. The van der Waals surface area contributed by atoms with Gasteiger partial charge in [0.05, 0.1) is 6.42 Å². The van der Waals surface area contributed by atoms with Gasteiger partial charge in [0.2, 0.25) is 5.91 Å². The van der Waals surface area contributed by atoms with Crippen LogP contribution in [-0.2, 0) is 11.2 Å². The molecule has 120 valence electrons. The summed E-state index contributed by atoms with van der Waals surface area (Å²) in [6.07, 6.45) is 0.509. The Morgan fingerprint density at radius 3 is 2.09 bits per heavy atom. The summed E-state index contributed by atoms with van der Waals surface area (Å²) < 4.78 is 0. The summed E-state index contributed by atoms with van der Waals surface area (Å²) in [4.78, 5) is 16.9. The summed E-state index contributed by atoms with van der Waals surface area (Å²) in [6, 6.07) is 21.0. The Labute approximate surface area is 138 Å². The van der Waals surface area contributed by atoms with Gasteiger partial charge in [0.1, 0.15) is 0 Å². The lowest BCUT2D eigenvalue weighted by atomic mass is 10.1. The molecule has 1 heterocycles. The van der Waals surface area contributed by atoms with Gasteiger partial charge < -0.3 is 4.90 Å². The van der Waals surface area contributed by atoms with Gasteiger partial charge in [0.15, 0.2) is 0 Å². The molecule has 0 radical (unpaired) electrons. The molecule has 3 nitrogen and oxygen atoms in total. The van der Waals surface area contributed by atoms with Crippen LogP contribution in [0.1, 0.15) is 24.1 Å². The molecular weight excluding hydrogens is 284 g/mol. The van der Waals surface area contributed by atoms with Gasteiger partial charge in [-0.2, -0.15) is 0 Å². The monoisotopic (exact) mass is 308 g/mol. The van der Waals surface area contributed by atoms with Crippen molar-refractivity contribution in [3.63, 3.8) is 0 Å². The van der Waals surface area contributed by atoms with Crippen LogP contribution in [0.2, 0.25) is 0 Å². The Hall–Kier alpha value is -2.13. The Bertz CT molecular complexity index is 619. The van der Waals surface area contributed by atoms with Crippen LogP contribution in [-0.4, -0.2) is 41.9 Å². The molecular formula is C20H24N2O. The van der Waals surface area contributed by atoms with E-state index in [0.29, 0.717) is 12.5 Å². The van der Waals surface area contributed by atoms with E-state index in [-0.39, 0.29) is 5.91 Å². The third-order valence-electron chi connectivity index (χ3n) is 4.69. The van der Waals surface area contributed by atoms with E-state index in [0.717, 1.165) is 31.7 Å². The summed E-state index contributed by atoms with van der Waals surface area (Å²) in [5, 5.41) is 0. The van der Waals surface area contributed by atoms with Crippen LogP contribution in [0.15, 0.2) is 60.7 Å². The standard InChI is InChI=1S/C20H24N2O/c1-17(19-10-6-3-7-11-19)21-12-14-22(15-13-21)20(23)16-18-8-4-2-5-9-18/h2-11,17H,12-16H2,1H3. The number of amides is 1. The van der Waals surface area contributed by atoms with Crippen molar-refractivity contribution < 1.29 is 4.79 Å². The highest BCUT2D eigenvalue weighted by atomic mass is 16.2. The van der Waals surface area contributed by atoms with Crippen molar-refractivity contribution in [2.75, 3.05) is 26.2 Å². The average molecular weight is 308 g/mol. The zero-order chi connectivity index (χ0) is 16.1. The quantitative estimate of drug-likeness (QED) is 0.866. The molecule has 3 rings (SSSR count). The zero-order valence-electron chi connectivity index (χ0n) is 13.7. The van der Waals surface area contributed by atoms with Gasteiger partial charge in [-0.05, 0) is 18.1 Å². The summed E-state index contributed by atoms with van der Waals surface area (Å²) in [6.45, 7) is 5.77. The lowest BCUT2D eigenvalue weighted by molar-refractivity contribution is -0.132. The summed E-state index contributed by atoms with van der Waals surface area (Å²) in [5.41, 5.74) is 2.44. The lowest BCUT2D eigenvalue weighted by Crippen LogP contribution is -2.49. The fourth-order valence-corrected chi connectivity index (χ4v) is 3.18. The van der Waals surface area contributed by atoms with E-state index in [1.807, 2.05) is 35.2 Å². The number of carbonyl (C=O) groups excluding carboxylic acids is 1. The second kappa shape index (κ2) is 7.42. The van der Waals surface area contributed by atoms with E-state index in [1.165, 1.54) is 5.56 Å². The van der Waals surface area contributed by atoms with Crippen LogP contribution in [0.25, 0.3) is 0 Å². The molecule has 0 aromatic heterocycles. The highest BCUT2D eigenvalue weighted by Crippen LogP contribution is 2.21. The molecule has 23 heavy (non-hydrogen) atoms. The molecule has 0 bridgehead atoms. The number of benzene rings is 2. The molecule has 0 aliphatic carbocycles. The number of carbonyl (C=O) groups is 1. The van der Waals surface area contributed by atoms with Gasteiger partial charge in [-0.15, -0.1) is 0 Å². The highest BCUT2D eigenvalue weighted by molar-refractivity contribution is 5.78. The van der Waals surface area contributed by atoms with E-state index in [9.17, 15) is 4.79 Å². The molecule has 1 unspecified atom stereocenters. The fourth-order valence-electron chi connectivity index (χ4n) is 3.18. The minimum absolute atomic E-state index is 0.239. The number of rotatable bonds is 4. The van der Waals surface area contributed by atoms with Gasteiger partial charge in [-0.1, -0.05) is 60.7 Å². The SMILES string of the molecule is CC(c1ccccc1)N1CCN(C(=O)Cc2ccccc2)CC1. The Balaban J connectivity index is 1.53. The second-order valence-corrected chi connectivity index (χ2v) is 6.17. The van der Waals surface area contributed by atoms with Crippen LogP contribution in [0.4, 0.5) is 0 Å². The van der Waals surface area contributed by atoms with Crippen molar-refractivity contribution in [1.29, 1.82) is 0 Å². The summed E-state index contributed by atoms with van der Waals surface area (Å²) in [7, 11) is 0. The van der Waals surface area contributed by atoms with Gasteiger partial charge in [0, 0.05) is 32.2 Å². The van der Waals surface area contributed by atoms with Gasteiger partial charge in [0.25, 0.3) is 0 Å². The first-order valence-electron chi connectivity index (χ1n) is 8.35. The highest BCUT2D eigenvalue weighted by Gasteiger charge is 2.24. The molecule has 0 N–H and O–H groups in total. The average Bonchev–Trinajstić information content (AvgIpc) is 2.63. The number of hydrogen-bond acceptors (Lipinski definition) is 2. The predicted molar refractivity (Wildman–Crippen MR) is 93.2 cm³/mol. The first kappa shape index (κ1) is 15.8. The van der Waals surface area contributed by atoms with Crippen molar-refractivity contribution in [3.05, 3.63) is 71.8 Å². The topological polar surface area (TPSA) is 23.6 Å². The summed E-state index contributed by atoms with van der Waals surface area (Å²) in [5.74, 6) is 0.239. The lowest BCUT2D eigenvalue weighted by Gasteiger charge is -2.38. The molecule has 1 aliphatic rings. The fraction of sp³-hybridized carbons (Fsp3) is 0.350. The number of hydrogen-bond donors (Lipinski definition) is 0. The van der Waals surface area contributed by atoms with Crippen LogP contribution in [0.3, 0.4) is 0 Å². The Kier molecular flexibility index (Phi) is 5.09. The molecule has 1 aliphatic heterocycles. The van der Waals surface area contributed by atoms with E-state index in [4.69, 9.17) is 0 Å². The van der Waals surface area contributed by atoms with Crippen LogP contribution in [0.5, 0.6) is 0 Å². The molecule has 1 fully saturated rings. The van der Waals surface area contributed by atoms with Crippen LogP contribution < -0.4 is 0 Å². The maximum absolute atomic E-state index is 12.4. The second-order valence-electron chi connectivity index (χ2n) is 6.17. The molecule has 0 spiro atoms. The van der Waals surface area contributed by atoms with Gasteiger partial charge in [-0.25, -0.2) is 0 Å². The smallest absolute Gasteiger partial charge is 0.227 e. The van der Waals surface area contributed by atoms with Crippen molar-refractivity contribution in [3.8, 4) is 0 Å². The van der Waals surface area contributed by atoms with Crippen molar-refractivity contribution in [1.82, 2.24) is 9.80 Å². The molecule has 1 atom stereocenters. The van der Waals surface area contributed by atoms with E-state index >= 15 is 0 Å². The normalized spacial score (nSPS) is 17.0. The third kappa shape index (κ3) is 3.99. The largest absolute Gasteiger partial charge is 0.340 e. The van der Waals surface area contributed by atoms with Crippen LogP contribution in [0, 0.1) is 0 Å². The van der Waals surface area contributed by atoms with Gasteiger partial charge >= 0.3 is 0 Å². The van der Waals surface area contributed by atoms with Crippen molar-refractivity contribution >= 4 is 5.91 Å². The van der Waals surface area contributed by atoms with E-state index in [1.54, 1.807) is 0 Å². The molecule has 1 amide bonds. The minimum atomic E-state index is 0.239. The van der Waals surface area contributed by atoms with Crippen molar-refractivity contribution in [2.45, 2.75) is 19.4 Å². The number of nitrogens with zero attached hydrogens (tertiary/aromatic N) is 2. The van der Waals surface area contributed by atoms with E-state index < -0.39 is 0 Å². The summed E-state index contributed by atoms with van der Waals surface area (Å²) >= 11 is 0. The molecule has 2 aromatic rings. The molecule has 3 heteroatoms. The van der Waals surface area contributed by atoms with Crippen molar-refractivity contribution in [2.24, 2.45) is 0 Å². The maximum atomic E-state index is 12.4. The minimum Gasteiger partial charge on any atom is -0.340 e. The molecule has 1 saturated heterocycles. The third-order valence-corrected chi connectivity index (χ3v) is 4.69. The Morgan fingerprint density at radius 1 is 0.913 bits per heavy atom. The zero-order valence-corrected chi connectivity index (χ0v) is 13.7. The maximum Gasteiger partial charge on any atom is 0.227 e. The first-order chi connectivity index (χ1) is 11.2. The number of piperazine rings is 1. The molecule has 0 saturated carbocycles. The van der Waals surface area contributed by atoms with Gasteiger partial charge in [-0.3, -0.25) is 9.69 Å². The Morgan fingerprint density at radius 2 is 1.48 bits per heavy atom.